The summed E-state index contributed by atoms with van der Waals surface area (Å²) in [5, 5.41) is 1.23. The standard InChI is InChI=1S/C20H20O/c1-15(2)14-18-17-10-6-7-11-19(17)21-20(18)13-12-16-8-4-3-5-9-16/h3-11H,1,12-14H2,2H3. The minimum atomic E-state index is 0.890. The molecule has 0 N–H and O–H groups in total. The molecule has 3 aromatic rings. The maximum absolute atomic E-state index is 6.08. The molecule has 0 saturated carbocycles. The Balaban J connectivity index is 1.91. The van der Waals surface area contributed by atoms with Crippen molar-refractivity contribution in [1.29, 1.82) is 0 Å². The molecule has 0 atom stereocenters. The summed E-state index contributed by atoms with van der Waals surface area (Å²) in [6.45, 7) is 6.13. The highest BCUT2D eigenvalue weighted by Gasteiger charge is 2.13. The zero-order valence-corrected chi connectivity index (χ0v) is 12.4. The number of rotatable bonds is 5. The molecular formula is C20H20O. The van der Waals surface area contributed by atoms with Crippen LogP contribution in [0.1, 0.15) is 23.8 Å². The van der Waals surface area contributed by atoms with E-state index in [0.29, 0.717) is 0 Å². The van der Waals surface area contributed by atoms with E-state index in [1.54, 1.807) is 0 Å². The van der Waals surface area contributed by atoms with E-state index in [2.05, 4.69) is 56.0 Å². The molecule has 0 saturated heterocycles. The van der Waals surface area contributed by atoms with E-state index in [9.17, 15) is 0 Å². The van der Waals surface area contributed by atoms with Crippen molar-refractivity contribution in [2.24, 2.45) is 0 Å². The molecule has 0 unspecified atom stereocenters. The summed E-state index contributed by atoms with van der Waals surface area (Å²) in [7, 11) is 0. The van der Waals surface area contributed by atoms with E-state index >= 15 is 0 Å². The van der Waals surface area contributed by atoms with E-state index in [1.807, 2.05) is 12.1 Å². The normalized spacial score (nSPS) is 10.9. The third-order valence-electron chi connectivity index (χ3n) is 3.74. The lowest BCUT2D eigenvalue weighted by Gasteiger charge is -2.03. The summed E-state index contributed by atoms with van der Waals surface area (Å²) in [6.07, 6.45) is 2.83. The maximum Gasteiger partial charge on any atom is 0.134 e. The van der Waals surface area contributed by atoms with Crippen LogP contribution in [0.2, 0.25) is 0 Å². The molecule has 0 radical (unpaired) electrons. The third-order valence-corrected chi connectivity index (χ3v) is 3.74. The Morgan fingerprint density at radius 2 is 1.67 bits per heavy atom. The molecule has 1 aromatic heterocycles. The van der Waals surface area contributed by atoms with E-state index in [1.165, 1.54) is 22.1 Å². The Morgan fingerprint density at radius 1 is 0.952 bits per heavy atom. The molecule has 1 nitrogen and oxygen atoms in total. The van der Waals surface area contributed by atoms with Gasteiger partial charge in [0.05, 0.1) is 0 Å². The maximum atomic E-state index is 6.08. The van der Waals surface area contributed by atoms with Gasteiger partial charge >= 0.3 is 0 Å². The van der Waals surface area contributed by atoms with E-state index in [4.69, 9.17) is 4.42 Å². The van der Waals surface area contributed by atoms with Crippen LogP contribution in [0.4, 0.5) is 0 Å². The number of hydrogen-bond acceptors (Lipinski definition) is 1. The number of benzene rings is 2. The van der Waals surface area contributed by atoms with Gasteiger partial charge in [-0.25, -0.2) is 0 Å². The van der Waals surface area contributed by atoms with E-state index < -0.39 is 0 Å². The van der Waals surface area contributed by atoms with Crippen molar-refractivity contribution in [2.75, 3.05) is 0 Å². The predicted molar refractivity (Wildman–Crippen MR) is 88.6 cm³/mol. The SMILES string of the molecule is C=C(C)Cc1c(CCc2ccccc2)oc2ccccc12. The van der Waals surface area contributed by atoms with Gasteiger partial charge in [0.15, 0.2) is 0 Å². The van der Waals surface area contributed by atoms with Crippen molar-refractivity contribution >= 4 is 11.0 Å². The molecule has 21 heavy (non-hydrogen) atoms. The first-order valence-electron chi connectivity index (χ1n) is 7.41. The van der Waals surface area contributed by atoms with Crippen molar-refractivity contribution in [3.63, 3.8) is 0 Å². The van der Waals surface area contributed by atoms with Gasteiger partial charge in [-0.15, -0.1) is 0 Å². The Morgan fingerprint density at radius 3 is 2.43 bits per heavy atom. The second-order valence-corrected chi connectivity index (χ2v) is 5.62. The largest absolute Gasteiger partial charge is 0.461 e. The van der Waals surface area contributed by atoms with Crippen molar-refractivity contribution < 1.29 is 4.42 Å². The molecule has 2 aromatic carbocycles. The molecule has 106 valence electrons. The second-order valence-electron chi connectivity index (χ2n) is 5.62. The molecule has 1 heterocycles. The number of aryl methyl sites for hydroxylation is 2. The molecule has 3 rings (SSSR count). The minimum absolute atomic E-state index is 0.890. The zero-order chi connectivity index (χ0) is 14.7. The van der Waals surface area contributed by atoms with Crippen LogP contribution in [0, 0.1) is 0 Å². The molecule has 0 aliphatic rings. The average Bonchev–Trinajstić information content (AvgIpc) is 2.84. The summed E-state index contributed by atoms with van der Waals surface area (Å²) in [4.78, 5) is 0. The highest BCUT2D eigenvalue weighted by molar-refractivity contribution is 5.82. The van der Waals surface area contributed by atoms with Crippen LogP contribution in [0.25, 0.3) is 11.0 Å². The summed E-state index contributed by atoms with van der Waals surface area (Å²) >= 11 is 0. The van der Waals surface area contributed by atoms with Gasteiger partial charge in [-0.05, 0) is 31.4 Å². The summed E-state index contributed by atoms with van der Waals surface area (Å²) in [5.74, 6) is 1.10. The smallest absolute Gasteiger partial charge is 0.134 e. The first kappa shape index (κ1) is 13.7. The number of hydrogen-bond donors (Lipinski definition) is 0. The summed E-state index contributed by atoms with van der Waals surface area (Å²) in [6, 6.07) is 18.8. The van der Waals surface area contributed by atoms with Crippen LogP contribution in [0.3, 0.4) is 0 Å². The van der Waals surface area contributed by atoms with Gasteiger partial charge in [-0.3, -0.25) is 0 Å². The highest BCUT2D eigenvalue weighted by atomic mass is 16.3. The van der Waals surface area contributed by atoms with Crippen molar-refractivity contribution in [3.8, 4) is 0 Å². The summed E-state index contributed by atoms with van der Waals surface area (Å²) < 4.78 is 6.08. The molecule has 0 amide bonds. The lowest BCUT2D eigenvalue weighted by Crippen LogP contribution is -1.95. The van der Waals surface area contributed by atoms with Gasteiger partial charge in [-0.1, -0.05) is 60.7 Å². The lowest BCUT2D eigenvalue weighted by molar-refractivity contribution is 0.542. The zero-order valence-electron chi connectivity index (χ0n) is 12.4. The quantitative estimate of drug-likeness (QED) is 0.573. The monoisotopic (exact) mass is 276 g/mol. The molecule has 0 fully saturated rings. The summed E-state index contributed by atoms with van der Waals surface area (Å²) in [5.41, 5.74) is 4.80. The van der Waals surface area contributed by atoms with E-state index in [0.717, 1.165) is 30.6 Å². The van der Waals surface area contributed by atoms with Gasteiger partial charge in [0.25, 0.3) is 0 Å². The van der Waals surface area contributed by atoms with Gasteiger partial charge < -0.3 is 4.42 Å². The lowest BCUT2D eigenvalue weighted by atomic mass is 10.00. The third kappa shape index (κ3) is 3.08. The molecule has 0 aliphatic heterocycles. The molecule has 1 heteroatoms. The Bertz CT molecular complexity index is 750. The number of para-hydroxylation sites is 1. The van der Waals surface area contributed by atoms with Gasteiger partial charge in [0.2, 0.25) is 0 Å². The molecule has 0 spiro atoms. The second kappa shape index (κ2) is 6.01. The van der Waals surface area contributed by atoms with Crippen LogP contribution < -0.4 is 0 Å². The van der Waals surface area contributed by atoms with Crippen LogP contribution in [0.5, 0.6) is 0 Å². The van der Waals surface area contributed by atoms with E-state index in [-0.39, 0.29) is 0 Å². The molecule has 0 aliphatic carbocycles. The topological polar surface area (TPSA) is 13.1 Å². The molecular weight excluding hydrogens is 256 g/mol. The fraction of sp³-hybridized carbons (Fsp3) is 0.200. The van der Waals surface area contributed by atoms with Crippen LogP contribution in [0.15, 0.2) is 71.2 Å². The fourth-order valence-corrected chi connectivity index (χ4v) is 2.75. The average molecular weight is 276 g/mol. The number of allylic oxidation sites excluding steroid dienone is 1. The van der Waals surface area contributed by atoms with Gasteiger partial charge in [-0.2, -0.15) is 0 Å². The first-order valence-corrected chi connectivity index (χ1v) is 7.41. The fourth-order valence-electron chi connectivity index (χ4n) is 2.75. The Hall–Kier alpha value is -2.28. The highest BCUT2D eigenvalue weighted by Crippen LogP contribution is 2.28. The Kier molecular flexibility index (Phi) is 3.92. The first-order chi connectivity index (χ1) is 10.2. The van der Waals surface area contributed by atoms with Crippen LogP contribution in [-0.4, -0.2) is 0 Å². The van der Waals surface area contributed by atoms with Gasteiger partial charge in [0, 0.05) is 17.4 Å². The van der Waals surface area contributed by atoms with Crippen molar-refractivity contribution in [2.45, 2.75) is 26.2 Å². The van der Waals surface area contributed by atoms with Crippen LogP contribution in [-0.2, 0) is 19.3 Å². The van der Waals surface area contributed by atoms with Gasteiger partial charge in [0.1, 0.15) is 11.3 Å². The van der Waals surface area contributed by atoms with Crippen molar-refractivity contribution in [3.05, 3.63) is 83.6 Å². The number of furan rings is 1. The molecule has 0 bridgehead atoms. The number of fused-ring (bicyclic) bond motifs is 1. The van der Waals surface area contributed by atoms with Crippen LogP contribution >= 0.6 is 0 Å². The van der Waals surface area contributed by atoms with Crippen molar-refractivity contribution in [1.82, 2.24) is 0 Å². The predicted octanol–water partition coefficient (Wildman–Crippen LogP) is 5.34. The Labute approximate surface area is 125 Å². The minimum Gasteiger partial charge on any atom is -0.461 e.